The van der Waals surface area contributed by atoms with E-state index < -0.39 is 16.1 Å². The lowest BCUT2D eigenvalue weighted by Gasteiger charge is -2.15. The number of methoxy groups -OCH3 is 1. The Morgan fingerprint density at radius 1 is 0.839 bits per heavy atom. The molecule has 8 heteroatoms. The molecule has 0 spiro atoms. The molecule has 0 fully saturated rings. The molecule has 0 aliphatic carbocycles. The fraction of sp³-hybridized carbons (Fsp3) is 0.174. The third kappa shape index (κ3) is 5.99. The number of hydrogen-bond acceptors (Lipinski definition) is 5. The molecule has 0 aliphatic rings. The van der Waals surface area contributed by atoms with E-state index in [1.807, 2.05) is 19.1 Å². The van der Waals surface area contributed by atoms with E-state index in [0.717, 1.165) is 5.56 Å². The van der Waals surface area contributed by atoms with Crippen LogP contribution in [0.1, 0.15) is 12.5 Å². The first kappa shape index (κ1) is 22.2. The number of anilines is 2. The summed E-state index contributed by atoms with van der Waals surface area (Å²) in [6.07, 6.45) is -0.720. The summed E-state index contributed by atoms with van der Waals surface area (Å²) in [5, 5.41) is 2.72. The summed E-state index contributed by atoms with van der Waals surface area (Å²) in [6, 6.07) is 19.9. The number of rotatable bonds is 8. The van der Waals surface area contributed by atoms with Crippen LogP contribution in [0.25, 0.3) is 0 Å². The minimum Gasteiger partial charge on any atom is -0.497 e. The highest BCUT2D eigenvalue weighted by Crippen LogP contribution is 2.21. The van der Waals surface area contributed by atoms with E-state index in [1.54, 1.807) is 43.3 Å². The molecule has 3 rings (SSSR count). The Hall–Kier alpha value is -3.52. The van der Waals surface area contributed by atoms with Crippen LogP contribution < -0.4 is 19.5 Å². The molecule has 0 radical (unpaired) electrons. The Kier molecular flexibility index (Phi) is 6.81. The molecule has 3 aromatic rings. The summed E-state index contributed by atoms with van der Waals surface area (Å²) in [7, 11) is -2.23. The number of carbonyl (C=O) groups excluding carboxylic acids is 1. The summed E-state index contributed by atoms with van der Waals surface area (Å²) in [4.78, 5) is 12.5. The summed E-state index contributed by atoms with van der Waals surface area (Å²) >= 11 is 0. The van der Waals surface area contributed by atoms with Gasteiger partial charge in [-0.25, -0.2) is 8.42 Å². The molecule has 7 nitrogen and oxygen atoms in total. The maximum Gasteiger partial charge on any atom is 0.265 e. The van der Waals surface area contributed by atoms with Gasteiger partial charge in [-0.1, -0.05) is 17.7 Å². The van der Waals surface area contributed by atoms with Crippen molar-refractivity contribution >= 4 is 27.3 Å². The van der Waals surface area contributed by atoms with Crippen LogP contribution in [0.3, 0.4) is 0 Å². The van der Waals surface area contributed by atoms with Gasteiger partial charge in [0.05, 0.1) is 12.0 Å². The van der Waals surface area contributed by atoms with Crippen molar-refractivity contribution in [2.75, 3.05) is 17.1 Å². The molecule has 3 aromatic carbocycles. The van der Waals surface area contributed by atoms with Crippen molar-refractivity contribution in [3.8, 4) is 11.5 Å². The molecule has 0 aromatic heterocycles. The maximum absolute atomic E-state index is 12.6. The zero-order valence-electron chi connectivity index (χ0n) is 17.5. The Balaban J connectivity index is 1.61. The minimum atomic E-state index is -3.77. The van der Waals surface area contributed by atoms with Crippen molar-refractivity contribution in [1.82, 2.24) is 0 Å². The van der Waals surface area contributed by atoms with Crippen LogP contribution in [0, 0.1) is 6.92 Å². The van der Waals surface area contributed by atoms with Gasteiger partial charge in [-0.3, -0.25) is 9.52 Å². The highest BCUT2D eigenvalue weighted by Gasteiger charge is 2.17. The summed E-state index contributed by atoms with van der Waals surface area (Å²) in [5.41, 5.74) is 1.98. The number of ether oxygens (including phenoxy) is 2. The van der Waals surface area contributed by atoms with E-state index in [-0.39, 0.29) is 10.8 Å². The Bertz CT molecular complexity index is 1130. The molecular formula is C23H24N2O5S. The molecule has 162 valence electrons. The van der Waals surface area contributed by atoms with Gasteiger partial charge in [0.1, 0.15) is 11.5 Å². The quantitative estimate of drug-likeness (QED) is 0.547. The monoisotopic (exact) mass is 440 g/mol. The molecule has 0 aliphatic heterocycles. The van der Waals surface area contributed by atoms with Crippen LogP contribution in [0.2, 0.25) is 0 Å². The van der Waals surface area contributed by atoms with E-state index in [4.69, 9.17) is 9.47 Å². The highest BCUT2D eigenvalue weighted by molar-refractivity contribution is 7.92. The molecule has 31 heavy (non-hydrogen) atoms. The van der Waals surface area contributed by atoms with Gasteiger partial charge in [-0.05, 0) is 74.5 Å². The zero-order valence-corrected chi connectivity index (χ0v) is 18.3. The molecule has 1 atom stereocenters. The Morgan fingerprint density at radius 3 is 1.97 bits per heavy atom. The van der Waals surface area contributed by atoms with E-state index in [9.17, 15) is 13.2 Å². The first-order valence-electron chi connectivity index (χ1n) is 9.58. The third-order valence-electron chi connectivity index (χ3n) is 4.48. The summed E-state index contributed by atoms with van der Waals surface area (Å²) < 4.78 is 38.4. The standard InChI is InChI=1S/C23H24N2O5S/c1-16-4-10-21(11-5-16)30-17(2)23(26)24-18-8-14-22(15-9-18)31(27,28)25-19-6-12-20(29-3)13-7-19/h4-15,17,25H,1-3H3,(H,24,26)/t17-/m0/s1. The van der Waals surface area contributed by atoms with Gasteiger partial charge >= 0.3 is 0 Å². The second-order valence-electron chi connectivity index (χ2n) is 6.92. The van der Waals surface area contributed by atoms with Gasteiger partial charge in [-0.2, -0.15) is 0 Å². The van der Waals surface area contributed by atoms with Gasteiger partial charge in [0.15, 0.2) is 6.10 Å². The minimum absolute atomic E-state index is 0.0743. The first-order chi connectivity index (χ1) is 14.8. The fourth-order valence-electron chi connectivity index (χ4n) is 2.71. The van der Waals surface area contributed by atoms with Crippen molar-refractivity contribution in [3.05, 3.63) is 78.4 Å². The first-order valence-corrected chi connectivity index (χ1v) is 11.1. The normalized spacial score (nSPS) is 12.0. The predicted octanol–water partition coefficient (Wildman–Crippen LogP) is 4.21. The SMILES string of the molecule is COc1ccc(NS(=O)(=O)c2ccc(NC(=O)[C@H](C)Oc3ccc(C)cc3)cc2)cc1. The van der Waals surface area contributed by atoms with E-state index >= 15 is 0 Å². The maximum atomic E-state index is 12.6. The molecule has 0 heterocycles. The molecular weight excluding hydrogens is 416 g/mol. The lowest BCUT2D eigenvalue weighted by atomic mass is 10.2. The Morgan fingerprint density at radius 2 is 1.39 bits per heavy atom. The van der Waals surface area contributed by atoms with Crippen molar-refractivity contribution in [2.45, 2.75) is 24.8 Å². The molecule has 0 saturated heterocycles. The number of nitrogens with one attached hydrogen (secondary N) is 2. The van der Waals surface area contributed by atoms with Gasteiger partial charge in [0.2, 0.25) is 0 Å². The van der Waals surface area contributed by atoms with Crippen LogP contribution in [-0.2, 0) is 14.8 Å². The second-order valence-corrected chi connectivity index (χ2v) is 8.60. The number of sulfonamides is 1. The fourth-order valence-corrected chi connectivity index (χ4v) is 3.77. The average molecular weight is 441 g/mol. The predicted molar refractivity (Wildman–Crippen MR) is 120 cm³/mol. The van der Waals surface area contributed by atoms with Crippen molar-refractivity contribution in [1.29, 1.82) is 0 Å². The van der Waals surface area contributed by atoms with Crippen LogP contribution in [-0.4, -0.2) is 27.5 Å². The number of carbonyl (C=O) groups is 1. The van der Waals surface area contributed by atoms with Crippen molar-refractivity contribution < 1.29 is 22.7 Å². The second kappa shape index (κ2) is 9.53. The van der Waals surface area contributed by atoms with Gasteiger partial charge in [0.25, 0.3) is 15.9 Å². The molecule has 0 saturated carbocycles. The smallest absolute Gasteiger partial charge is 0.265 e. The van der Waals surface area contributed by atoms with Gasteiger partial charge in [0, 0.05) is 11.4 Å². The van der Waals surface area contributed by atoms with E-state index in [2.05, 4.69) is 10.0 Å². The lowest BCUT2D eigenvalue weighted by molar-refractivity contribution is -0.122. The lowest BCUT2D eigenvalue weighted by Crippen LogP contribution is -2.30. The number of aryl methyl sites for hydroxylation is 1. The van der Waals surface area contributed by atoms with E-state index in [0.29, 0.717) is 22.9 Å². The van der Waals surface area contributed by atoms with Crippen molar-refractivity contribution in [2.24, 2.45) is 0 Å². The molecule has 1 amide bonds. The van der Waals surface area contributed by atoms with Crippen molar-refractivity contribution in [3.63, 3.8) is 0 Å². The van der Waals surface area contributed by atoms with Crippen LogP contribution >= 0.6 is 0 Å². The number of hydrogen-bond donors (Lipinski definition) is 2. The summed E-state index contributed by atoms with van der Waals surface area (Å²) in [5.74, 6) is 0.885. The van der Waals surface area contributed by atoms with Gasteiger partial charge in [-0.15, -0.1) is 0 Å². The number of amides is 1. The van der Waals surface area contributed by atoms with Crippen LogP contribution in [0.4, 0.5) is 11.4 Å². The topological polar surface area (TPSA) is 93.7 Å². The largest absolute Gasteiger partial charge is 0.497 e. The third-order valence-corrected chi connectivity index (χ3v) is 5.87. The molecule has 2 N–H and O–H groups in total. The van der Waals surface area contributed by atoms with Crippen LogP contribution in [0.5, 0.6) is 11.5 Å². The molecule has 0 bridgehead atoms. The average Bonchev–Trinajstić information content (AvgIpc) is 2.76. The summed E-state index contributed by atoms with van der Waals surface area (Å²) in [6.45, 7) is 3.61. The number of benzene rings is 3. The van der Waals surface area contributed by atoms with Gasteiger partial charge < -0.3 is 14.8 Å². The highest BCUT2D eigenvalue weighted by atomic mass is 32.2. The zero-order chi connectivity index (χ0) is 22.4. The van der Waals surface area contributed by atoms with Crippen LogP contribution in [0.15, 0.2) is 77.7 Å². The molecule has 0 unspecified atom stereocenters. The Labute approximate surface area is 182 Å². The van der Waals surface area contributed by atoms with E-state index in [1.165, 1.54) is 31.4 Å².